The average Bonchev–Trinajstić information content (AvgIpc) is 2.75. The van der Waals surface area contributed by atoms with Gasteiger partial charge in [-0.2, -0.15) is 5.10 Å². The molecule has 0 unspecified atom stereocenters. The fourth-order valence-electron chi connectivity index (χ4n) is 1.83. The minimum atomic E-state index is -0.300. The molecule has 0 radical (unpaired) electrons. The Labute approximate surface area is 103 Å². The molecule has 0 spiro atoms. The monoisotopic (exact) mass is 242 g/mol. The summed E-state index contributed by atoms with van der Waals surface area (Å²) in [5, 5.41) is 9.32. The lowest BCUT2D eigenvalue weighted by Gasteiger charge is -2.07. The van der Waals surface area contributed by atoms with Gasteiger partial charge in [0.15, 0.2) is 0 Å². The van der Waals surface area contributed by atoms with E-state index in [1.54, 1.807) is 0 Å². The van der Waals surface area contributed by atoms with Crippen LogP contribution in [0.15, 0.2) is 36.5 Å². The Hall–Kier alpha value is -2.63. The zero-order chi connectivity index (χ0) is 12.5. The first-order valence-electron chi connectivity index (χ1n) is 5.47. The highest BCUT2D eigenvalue weighted by Gasteiger charge is 2.23. The standard InChI is InChI=1S/C12H10N4O2/c17-10-7-13-12(18)9-6-14-16(11(9)15-10)8-4-2-1-3-5-8/h1-6H,7H2,(H,13,18)(H,15,17). The summed E-state index contributed by atoms with van der Waals surface area (Å²) in [5.41, 5.74) is 1.15. The van der Waals surface area contributed by atoms with Gasteiger partial charge in [-0.25, -0.2) is 4.68 Å². The maximum atomic E-state index is 11.7. The van der Waals surface area contributed by atoms with E-state index in [-0.39, 0.29) is 18.4 Å². The van der Waals surface area contributed by atoms with Crippen LogP contribution in [-0.2, 0) is 4.79 Å². The molecule has 1 aromatic heterocycles. The van der Waals surface area contributed by atoms with Crippen LogP contribution in [-0.4, -0.2) is 28.1 Å². The van der Waals surface area contributed by atoms with Crippen LogP contribution in [0.2, 0.25) is 0 Å². The van der Waals surface area contributed by atoms with E-state index in [0.717, 1.165) is 5.69 Å². The Bertz CT molecular complexity index is 618. The second kappa shape index (κ2) is 3.99. The third-order valence-corrected chi connectivity index (χ3v) is 2.68. The highest BCUT2D eigenvalue weighted by molar-refractivity contribution is 6.07. The molecule has 0 aliphatic carbocycles. The molecule has 0 bridgehead atoms. The summed E-state index contributed by atoms with van der Waals surface area (Å²) in [6, 6.07) is 9.31. The summed E-state index contributed by atoms with van der Waals surface area (Å²) in [7, 11) is 0. The molecule has 6 heteroatoms. The first-order valence-corrected chi connectivity index (χ1v) is 5.47. The van der Waals surface area contributed by atoms with E-state index in [9.17, 15) is 9.59 Å². The van der Waals surface area contributed by atoms with E-state index < -0.39 is 0 Å². The van der Waals surface area contributed by atoms with Gasteiger partial charge in [-0.1, -0.05) is 18.2 Å². The lowest BCUT2D eigenvalue weighted by Crippen LogP contribution is -2.28. The Kier molecular flexibility index (Phi) is 2.33. The van der Waals surface area contributed by atoms with Gasteiger partial charge in [0.05, 0.1) is 18.4 Å². The highest BCUT2D eigenvalue weighted by Crippen LogP contribution is 2.21. The van der Waals surface area contributed by atoms with Gasteiger partial charge in [0.1, 0.15) is 11.4 Å². The molecule has 2 aromatic rings. The molecular formula is C12H10N4O2. The van der Waals surface area contributed by atoms with Crippen LogP contribution in [0.3, 0.4) is 0 Å². The van der Waals surface area contributed by atoms with Crippen molar-refractivity contribution in [3.63, 3.8) is 0 Å². The normalized spacial score (nSPS) is 14.4. The maximum Gasteiger partial charge on any atom is 0.257 e. The molecule has 0 saturated carbocycles. The molecular weight excluding hydrogens is 232 g/mol. The first-order chi connectivity index (χ1) is 8.75. The third-order valence-electron chi connectivity index (χ3n) is 2.68. The van der Waals surface area contributed by atoms with Crippen LogP contribution in [0.25, 0.3) is 5.69 Å². The summed E-state index contributed by atoms with van der Waals surface area (Å²) >= 11 is 0. The molecule has 3 rings (SSSR count). The van der Waals surface area contributed by atoms with Crippen LogP contribution in [0.5, 0.6) is 0 Å². The molecule has 90 valence electrons. The molecule has 2 amide bonds. The minimum Gasteiger partial charge on any atom is -0.343 e. The molecule has 18 heavy (non-hydrogen) atoms. The number of aromatic nitrogens is 2. The molecule has 2 heterocycles. The van der Waals surface area contributed by atoms with Crippen molar-refractivity contribution in [2.24, 2.45) is 0 Å². The molecule has 1 aliphatic rings. The largest absolute Gasteiger partial charge is 0.343 e. The van der Waals surface area contributed by atoms with Crippen molar-refractivity contribution in [1.82, 2.24) is 15.1 Å². The van der Waals surface area contributed by atoms with Gasteiger partial charge < -0.3 is 10.6 Å². The Balaban J connectivity index is 2.14. The fourth-order valence-corrected chi connectivity index (χ4v) is 1.83. The van der Waals surface area contributed by atoms with Gasteiger partial charge in [-0.05, 0) is 12.1 Å². The number of hydrogen-bond acceptors (Lipinski definition) is 3. The van der Waals surface area contributed by atoms with E-state index in [0.29, 0.717) is 11.4 Å². The number of fused-ring (bicyclic) bond motifs is 1. The third kappa shape index (κ3) is 1.64. The molecule has 1 aliphatic heterocycles. The Morgan fingerprint density at radius 1 is 1.17 bits per heavy atom. The van der Waals surface area contributed by atoms with E-state index in [2.05, 4.69) is 15.7 Å². The smallest absolute Gasteiger partial charge is 0.257 e. The van der Waals surface area contributed by atoms with E-state index in [4.69, 9.17) is 0 Å². The predicted molar refractivity (Wildman–Crippen MR) is 64.5 cm³/mol. The van der Waals surface area contributed by atoms with Gasteiger partial charge in [0.2, 0.25) is 5.91 Å². The van der Waals surface area contributed by atoms with Crippen molar-refractivity contribution in [2.45, 2.75) is 0 Å². The van der Waals surface area contributed by atoms with Crippen LogP contribution in [0, 0.1) is 0 Å². The topological polar surface area (TPSA) is 76.0 Å². The first kappa shape index (κ1) is 10.5. The number of anilines is 1. The quantitative estimate of drug-likeness (QED) is 0.767. The second-order valence-corrected chi connectivity index (χ2v) is 3.89. The van der Waals surface area contributed by atoms with Crippen molar-refractivity contribution in [2.75, 3.05) is 11.9 Å². The Morgan fingerprint density at radius 3 is 2.72 bits per heavy atom. The SMILES string of the molecule is O=C1CNC(=O)c2cnn(-c3ccccc3)c2N1. The minimum absolute atomic E-state index is 0.0255. The number of hydrogen-bond donors (Lipinski definition) is 2. The zero-order valence-electron chi connectivity index (χ0n) is 9.38. The predicted octanol–water partition coefficient (Wildman–Crippen LogP) is 0.554. The van der Waals surface area contributed by atoms with E-state index in [1.807, 2.05) is 30.3 Å². The molecule has 2 N–H and O–H groups in total. The summed E-state index contributed by atoms with van der Waals surface area (Å²) < 4.78 is 1.54. The van der Waals surface area contributed by atoms with Crippen LogP contribution >= 0.6 is 0 Å². The fraction of sp³-hybridized carbons (Fsp3) is 0.0833. The van der Waals surface area contributed by atoms with E-state index in [1.165, 1.54) is 10.9 Å². The van der Waals surface area contributed by atoms with Gasteiger partial charge in [-0.3, -0.25) is 9.59 Å². The number of carbonyl (C=O) groups is 2. The average molecular weight is 242 g/mol. The summed E-state index contributed by atoms with van der Waals surface area (Å²) in [4.78, 5) is 23.2. The molecule has 0 atom stereocenters. The number of para-hydroxylation sites is 1. The summed E-state index contributed by atoms with van der Waals surface area (Å²) in [6.07, 6.45) is 1.45. The maximum absolute atomic E-state index is 11.7. The van der Waals surface area contributed by atoms with Crippen LogP contribution < -0.4 is 10.6 Å². The molecule has 1 aromatic carbocycles. The highest BCUT2D eigenvalue weighted by atomic mass is 16.2. The van der Waals surface area contributed by atoms with Crippen molar-refractivity contribution in [3.8, 4) is 5.69 Å². The number of carbonyl (C=O) groups excluding carboxylic acids is 2. The van der Waals surface area contributed by atoms with Crippen molar-refractivity contribution < 1.29 is 9.59 Å². The Morgan fingerprint density at radius 2 is 1.94 bits per heavy atom. The number of rotatable bonds is 1. The second-order valence-electron chi connectivity index (χ2n) is 3.89. The van der Waals surface area contributed by atoms with Gasteiger partial charge in [-0.15, -0.1) is 0 Å². The van der Waals surface area contributed by atoms with Crippen molar-refractivity contribution >= 4 is 17.6 Å². The lowest BCUT2D eigenvalue weighted by atomic mass is 10.3. The van der Waals surface area contributed by atoms with Crippen molar-refractivity contribution in [1.29, 1.82) is 0 Å². The van der Waals surface area contributed by atoms with Crippen molar-refractivity contribution in [3.05, 3.63) is 42.1 Å². The zero-order valence-corrected chi connectivity index (χ0v) is 9.38. The lowest BCUT2D eigenvalue weighted by molar-refractivity contribution is -0.115. The number of nitrogens with one attached hydrogen (secondary N) is 2. The number of nitrogens with zero attached hydrogens (tertiary/aromatic N) is 2. The van der Waals surface area contributed by atoms with Gasteiger partial charge in [0, 0.05) is 0 Å². The summed E-state index contributed by atoms with van der Waals surface area (Å²) in [5.74, 6) is -0.161. The molecule has 6 nitrogen and oxygen atoms in total. The molecule has 0 saturated heterocycles. The van der Waals surface area contributed by atoms with Gasteiger partial charge >= 0.3 is 0 Å². The molecule has 0 fully saturated rings. The number of amides is 2. The van der Waals surface area contributed by atoms with Crippen LogP contribution in [0.4, 0.5) is 5.82 Å². The van der Waals surface area contributed by atoms with Crippen LogP contribution in [0.1, 0.15) is 10.4 Å². The van der Waals surface area contributed by atoms with Gasteiger partial charge in [0.25, 0.3) is 5.91 Å². The van der Waals surface area contributed by atoms with E-state index >= 15 is 0 Å². The number of benzene rings is 1. The summed E-state index contributed by atoms with van der Waals surface area (Å²) in [6.45, 7) is -0.0255.